The second kappa shape index (κ2) is 4.52. The van der Waals surface area contributed by atoms with E-state index in [1.54, 1.807) is 0 Å². The van der Waals surface area contributed by atoms with Crippen LogP contribution in [0.1, 0.15) is 19.3 Å². The lowest BCUT2D eigenvalue weighted by Crippen LogP contribution is -2.48. The number of carboxylic acids is 1. The first-order valence-electron chi connectivity index (χ1n) is 6.02. The predicted octanol–water partition coefficient (Wildman–Crippen LogP) is 2.10. The van der Waals surface area contributed by atoms with E-state index in [-0.39, 0.29) is 11.4 Å². The van der Waals surface area contributed by atoms with Crippen molar-refractivity contribution in [2.75, 3.05) is 0 Å². The van der Waals surface area contributed by atoms with E-state index >= 15 is 0 Å². The van der Waals surface area contributed by atoms with Gasteiger partial charge in [-0.05, 0) is 47.9 Å². The summed E-state index contributed by atoms with van der Waals surface area (Å²) in [5.41, 5.74) is -1.09. The molecule has 6 nitrogen and oxygen atoms in total. The number of hydrogen-bond acceptors (Lipinski definition) is 4. The van der Waals surface area contributed by atoms with Crippen LogP contribution in [-0.4, -0.2) is 31.3 Å². The molecule has 1 aliphatic rings. The molecular formula is C12H10ClFN4O2. The van der Waals surface area contributed by atoms with Gasteiger partial charge in [-0.1, -0.05) is 11.6 Å². The number of aliphatic carboxylic acids is 1. The van der Waals surface area contributed by atoms with Gasteiger partial charge in [0.1, 0.15) is 5.82 Å². The van der Waals surface area contributed by atoms with Gasteiger partial charge in [-0.2, -0.15) is 0 Å². The summed E-state index contributed by atoms with van der Waals surface area (Å²) in [5.74, 6) is -1.49. The fraction of sp³-hybridized carbons (Fsp3) is 0.333. The first kappa shape index (κ1) is 13.0. The molecule has 1 aromatic heterocycles. The lowest BCUT2D eigenvalue weighted by atomic mass is 9.76. The van der Waals surface area contributed by atoms with Gasteiger partial charge in [0.05, 0.1) is 5.56 Å². The summed E-state index contributed by atoms with van der Waals surface area (Å²) in [6.07, 6.45) is 1.61. The molecule has 0 atom stereocenters. The molecule has 0 spiro atoms. The highest BCUT2D eigenvalue weighted by Crippen LogP contribution is 2.41. The van der Waals surface area contributed by atoms with E-state index in [1.165, 1.54) is 22.9 Å². The summed E-state index contributed by atoms with van der Waals surface area (Å²) < 4.78 is 15.1. The smallest absolute Gasteiger partial charge is 0.331 e. The quantitative estimate of drug-likeness (QED) is 0.938. The van der Waals surface area contributed by atoms with Crippen LogP contribution < -0.4 is 0 Å². The van der Waals surface area contributed by atoms with Crippen LogP contribution in [0.3, 0.4) is 0 Å². The number of hydrogen-bond donors (Lipinski definition) is 1. The Kier molecular flexibility index (Phi) is 2.93. The molecule has 0 unspecified atom stereocenters. The molecule has 0 radical (unpaired) electrons. The van der Waals surface area contributed by atoms with Crippen LogP contribution in [0.25, 0.3) is 11.4 Å². The van der Waals surface area contributed by atoms with Crippen molar-refractivity contribution in [1.82, 2.24) is 20.2 Å². The van der Waals surface area contributed by atoms with E-state index in [2.05, 4.69) is 15.5 Å². The van der Waals surface area contributed by atoms with Gasteiger partial charge in [-0.25, -0.2) is 13.9 Å². The average molecular weight is 297 g/mol. The molecule has 1 N–H and O–H groups in total. The predicted molar refractivity (Wildman–Crippen MR) is 67.7 cm³/mol. The summed E-state index contributed by atoms with van der Waals surface area (Å²) >= 11 is 5.85. The molecule has 1 heterocycles. The third-order valence-corrected chi connectivity index (χ3v) is 3.86. The second-order valence-corrected chi connectivity index (χ2v) is 5.17. The highest BCUT2D eigenvalue weighted by atomic mass is 35.5. The molecule has 104 valence electrons. The molecule has 0 saturated heterocycles. The SMILES string of the molecule is O=C(O)C1(n2nnnc2-c2cc(Cl)ccc2F)CCC1. The zero-order valence-electron chi connectivity index (χ0n) is 10.3. The summed E-state index contributed by atoms with van der Waals surface area (Å²) in [6, 6.07) is 3.99. The summed E-state index contributed by atoms with van der Waals surface area (Å²) in [6.45, 7) is 0. The highest BCUT2D eigenvalue weighted by Gasteiger charge is 2.49. The van der Waals surface area contributed by atoms with Crippen molar-refractivity contribution < 1.29 is 14.3 Å². The number of carboxylic acid groups (broad SMARTS) is 1. The van der Waals surface area contributed by atoms with Gasteiger partial charge in [-0.3, -0.25) is 0 Å². The molecular weight excluding hydrogens is 287 g/mol. The Bertz CT molecular complexity index is 684. The van der Waals surface area contributed by atoms with Crippen LogP contribution in [0, 0.1) is 5.82 Å². The van der Waals surface area contributed by atoms with Crippen LogP contribution in [0.15, 0.2) is 18.2 Å². The van der Waals surface area contributed by atoms with Gasteiger partial charge in [-0.15, -0.1) is 5.10 Å². The third-order valence-electron chi connectivity index (χ3n) is 3.62. The van der Waals surface area contributed by atoms with Crippen LogP contribution in [0.4, 0.5) is 4.39 Å². The number of carbonyl (C=O) groups is 1. The van der Waals surface area contributed by atoms with Crippen molar-refractivity contribution in [2.24, 2.45) is 0 Å². The minimum atomic E-state index is -1.19. The van der Waals surface area contributed by atoms with Gasteiger partial charge in [0.15, 0.2) is 11.4 Å². The minimum absolute atomic E-state index is 0.0760. The Morgan fingerprint density at radius 1 is 1.45 bits per heavy atom. The van der Waals surface area contributed by atoms with Crippen molar-refractivity contribution in [3.05, 3.63) is 29.0 Å². The monoisotopic (exact) mass is 296 g/mol. The number of rotatable bonds is 3. The minimum Gasteiger partial charge on any atom is -0.479 e. The van der Waals surface area contributed by atoms with E-state index < -0.39 is 17.3 Å². The Hall–Kier alpha value is -2.02. The highest BCUT2D eigenvalue weighted by molar-refractivity contribution is 6.30. The van der Waals surface area contributed by atoms with Crippen molar-refractivity contribution in [1.29, 1.82) is 0 Å². The number of nitrogens with zero attached hydrogens (tertiary/aromatic N) is 4. The number of benzene rings is 1. The summed E-state index contributed by atoms with van der Waals surface area (Å²) in [5, 5.41) is 20.7. The van der Waals surface area contributed by atoms with E-state index in [4.69, 9.17) is 11.6 Å². The number of aromatic nitrogens is 4. The summed E-state index contributed by atoms with van der Waals surface area (Å²) in [7, 11) is 0. The maximum absolute atomic E-state index is 13.9. The molecule has 1 aromatic carbocycles. The standard InChI is InChI=1S/C12H10ClFN4O2/c13-7-2-3-9(14)8(6-7)10-15-16-17-18(10)12(11(19)20)4-1-5-12/h2-3,6H,1,4-5H2,(H,19,20). The van der Waals surface area contributed by atoms with Crippen molar-refractivity contribution >= 4 is 17.6 Å². The molecule has 0 bridgehead atoms. The van der Waals surface area contributed by atoms with Crippen molar-refractivity contribution in [2.45, 2.75) is 24.8 Å². The normalized spacial score (nSPS) is 16.7. The molecule has 1 saturated carbocycles. The number of tetrazole rings is 1. The maximum Gasteiger partial charge on any atom is 0.331 e. The van der Waals surface area contributed by atoms with Crippen LogP contribution in [0.5, 0.6) is 0 Å². The average Bonchev–Trinajstić information content (AvgIpc) is 2.80. The Morgan fingerprint density at radius 2 is 2.20 bits per heavy atom. The van der Waals surface area contributed by atoms with Crippen LogP contribution in [0.2, 0.25) is 5.02 Å². The van der Waals surface area contributed by atoms with E-state index in [0.29, 0.717) is 17.9 Å². The zero-order chi connectivity index (χ0) is 14.3. The topological polar surface area (TPSA) is 80.9 Å². The molecule has 3 rings (SSSR count). The van der Waals surface area contributed by atoms with Gasteiger partial charge in [0.25, 0.3) is 0 Å². The molecule has 1 aliphatic carbocycles. The molecule has 0 aliphatic heterocycles. The Morgan fingerprint density at radius 3 is 2.80 bits per heavy atom. The van der Waals surface area contributed by atoms with Crippen molar-refractivity contribution in [3.8, 4) is 11.4 Å². The van der Waals surface area contributed by atoms with Gasteiger partial charge < -0.3 is 5.11 Å². The fourth-order valence-corrected chi connectivity index (χ4v) is 2.51. The molecule has 20 heavy (non-hydrogen) atoms. The first-order chi connectivity index (χ1) is 9.54. The number of halogens is 2. The zero-order valence-corrected chi connectivity index (χ0v) is 11.0. The van der Waals surface area contributed by atoms with Gasteiger partial charge in [0, 0.05) is 5.02 Å². The van der Waals surface area contributed by atoms with Gasteiger partial charge in [0.2, 0.25) is 0 Å². The lowest BCUT2D eigenvalue weighted by Gasteiger charge is -2.37. The Labute approximate surface area is 118 Å². The largest absolute Gasteiger partial charge is 0.479 e. The third kappa shape index (κ3) is 1.77. The van der Waals surface area contributed by atoms with E-state index in [9.17, 15) is 14.3 Å². The van der Waals surface area contributed by atoms with E-state index in [1.807, 2.05) is 0 Å². The van der Waals surface area contributed by atoms with Crippen LogP contribution >= 0.6 is 11.6 Å². The molecule has 1 fully saturated rings. The van der Waals surface area contributed by atoms with E-state index in [0.717, 1.165) is 6.42 Å². The molecule has 2 aromatic rings. The second-order valence-electron chi connectivity index (χ2n) is 4.73. The molecule has 0 amide bonds. The molecule has 8 heteroatoms. The Balaban J connectivity index is 2.16. The fourth-order valence-electron chi connectivity index (χ4n) is 2.34. The maximum atomic E-state index is 13.9. The summed E-state index contributed by atoms with van der Waals surface area (Å²) in [4.78, 5) is 11.5. The van der Waals surface area contributed by atoms with Gasteiger partial charge >= 0.3 is 5.97 Å². The lowest BCUT2D eigenvalue weighted by molar-refractivity contribution is -0.153. The van der Waals surface area contributed by atoms with Crippen LogP contribution in [-0.2, 0) is 10.3 Å². The van der Waals surface area contributed by atoms with Crippen molar-refractivity contribution in [3.63, 3.8) is 0 Å². The first-order valence-corrected chi connectivity index (χ1v) is 6.40.